The first-order valence-electron chi connectivity index (χ1n) is 5.29. The quantitative estimate of drug-likeness (QED) is 0.745. The molecule has 0 saturated heterocycles. The molecule has 0 fully saturated rings. The van der Waals surface area contributed by atoms with Crippen molar-refractivity contribution in [1.82, 2.24) is 15.0 Å². The van der Waals surface area contributed by atoms with E-state index < -0.39 is 0 Å². The van der Waals surface area contributed by atoms with Gasteiger partial charge in [0.15, 0.2) is 0 Å². The van der Waals surface area contributed by atoms with Crippen LogP contribution in [0.2, 0.25) is 0 Å². The minimum atomic E-state index is 0.819. The molecule has 17 heavy (non-hydrogen) atoms. The third-order valence-corrected chi connectivity index (χ3v) is 2.24. The van der Waals surface area contributed by atoms with Gasteiger partial charge in [-0.25, -0.2) is 0 Å². The Balaban J connectivity index is 2.43. The molecule has 0 saturated carbocycles. The lowest BCUT2D eigenvalue weighted by Crippen LogP contribution is -1.98. The zero-order valence-electron chi connectivity index (χ0n) is 9.45. The number of hydrogen-bond donors (Lipinski definition) is 0. The predicted molar refractivity (Wildman–Crippen MR) is 71.3 cm³/mol. The number of allylic oxidation sites excluding steroid dienone is 6. The highest BCUT2D eigenvalue weighted by atomic mass is 15.5. The maximum atomic E-state index is 4.37. The smallest absolute Gasteiger partial charge is 0.113 e. The third-order valence-electron chi connectivity index (χ3n) is 2.24. The molecule has 0 N–H and O–H groups in total. The molecule has 0 unspecified atom stereocenters. The van der Waals surface area contributed by atoms with E-state index in [9.17, 15) is 0 Å². The molecule has 3 nitrogen and oxygen atoms in total. The van der Waals surface area contributed by atoms with Gasteiger partial charge in [-0.1, -0.05) is 43.5 Å². The fourth-order valence-electron chi connectivity index (χ4n) is 1.42. The summed E-state index contributed by atoms with van der Waals surface area (Å²) in [7, 11) is 0. The van der Waals surface area contributed by atoms with Crippen molar-refractivity contribution < 1.29 is 0 Å². The second-order valence-electron chi connectivity index (χ2n) is 3.39. The Morgan fingerprint density at radius 3 is 2.24 bits per heavy atom. The minimum Gasteiger partial charge on any atom is -0.150 e. The van der Waals surface area contributed by atoms with Crippen molar-refractivity contribution >= 4 is 16.7 Å². The second kappa shape index (κ2) is 5.07. The summed E-state index contributed by atoms with van der Waals surface area (Å²) >= 11 is 0. The van der Waals surface area contributed by atoms with Crippen molar-refractivity contribution in [3.8, 4) is 0 Å². The molecule has 0 spiro atoms. The lowest BCUT2D eigenvalue weighted by atomic mass is 10.3. The number of benzene rings is 1. The van der Waals surface area contributed by atoms with Crippen LogP contribution in [0, 0.1) is 0 Å². The highest BCUT2D eigenvalue weighted by Gasteiger charge is 2.02. The molecule has 1 aromatic carbocycles. The van der Waals surface area contributed by atoms with Crippen LogP contribution >= 0.6 is 0 Å². The number of nitrogens with zero attached hydrogens (tertiary/aromatic N) is 3. The molecule has 0 bridgehead atoms. The molecule has 0 aliphatic heterocycles. The highest BCUT2D eigenvalue weighted by Crippen LogP contribution is 2.11. The first-order valence-corrected chi connectivity index (χ1v) is 5.29. The molecule has 1 aromatic heterocycles. The van der Waals surface area contributed by atoms with Gasteiger partial charge in [-0.2, -0.15) is 4.80 Å². The molecule has 0 atom stereocenters. The SMILES string of the molecule is C=C/C=C\C=C(/C=C)n1nc2ccccc2n1. The maximum absolute atomic E-state index is 4.37. The fraction of sp³-hybridized carbons (Fsp3) is 0. The fourth-order valence-corrected chi connectivity index (χ4v) is 1.42. The summed E-state index contributed by atoms with van der Waals surface area (Å²) in [6, 6.07) is 7.74. The van der Waals surface area contributed by atoms with Crippen LogP contribution < -0.4 is 0 Å². The van der Waals surface area contributed by atoms with Crippen molar-refractivity contribution in [3.05, 3.63) is 67.8 Å². The Bertz CT molecular complexity index is 570. The summed E-state index contributed by atoms with van der Waals surface area (Å²) in [4.78, 5) is 1.57. The van der Waals surface area contributed by atoms with E-state index in [4.69, 9.17) is 0 Å². The molecule has 0 aliphatic carbocycles. The van der Waals surface area contributed by atoms with Crippen molar-refractivity contribution in [2.24, 2.45) is 0 Å². The molecule has 2 aromatic rings. The summed E-state index contributed by atoms with van der Waals surface area (Å²) in [5.74, 6) is 0. The Morgan fingerprint density at radius 1 is 1.06 bits per heavy atom. The van der Waals surface area contributed by atoms with E-state index >= 15 is 0 Å². The zero-order chi connectivity index (χ0) is 12.1. The largest absolute Gasteiger partial charge is 0.150 e. The van der Waals surface area contributed by atoms with Crippen LogP contribution in [0.5, 0.6) is 0 Å². The van der Waals surface area contributed by atoms with Crippen LogP contribution in [0.1, 0.15) is 0 Å². The average molecular weight is 223 g/mol. The van der Waals surface area contributed by atoms with Gasteiger partial charge in [-0.15, -0.1) is 10.2 Å². The molecule has 0 amide bonds. The van der Waals surface area contributed by atoms with Gasteiger partial charge in [0.1, 0.15) is 11.0 Å². The van der Waals surface area contributed by atoms with Crippen LogP contribution in [-0.4, -0.2) is 15.0 Å². The van der Waals surface area contributed by atoms with Crippen LogP contribution in [0.3, 0.4) is 0 Å². The van der Waals surface area contributed by atoms with E-state index in [0.717, 1.165) is 16.7 Å². The second-order valence-corrected chi connectivity index (χ2v) is 3.39. The van der Waals surface area contributed by atoms with Crippen LogP contribution in [0.25, 0.3) is 16.7 Å². The van der Waals surface area contributed by atoms with Crippen molar-refractivity contribution in [1.29, 1.82) is 0 Å². The maximum Gasteiger partial charge on any atom is 0.113 e. The van der Waals surface area contributed by atoms with Crippen LogP contribution in [0.4, 0.5) is 0 Å². The van der Waals surface area contributed by atoms with Gasteiger partial charge in [-0.3, -0.25) is 0 Å². The van der Waals surface area contributed by atoms with Gasteiger partial charge in [0.05, 0.1) is 5.70 Å². The van der Waals surface area contributed by atoms with Crippen molar-refractivity contribution in [2.45, 2.75) is 0 Å². The first kappa shape index (κ1) is 11.1. The summed E-state index contributed by atoms with van der Waals surface area (Å²) in [6.45, 7) is 7.37. The summed E-state index contributed by atoms with van der Waals surface area (Å²) in [5, 5.41) is 8.74. The zero-order valence-corrected chi connectivity index (χ0v) is 9.45. The van der Waals surface area contributed by atoms with E-state index in [0.29, 0.717) is 0 Å². The summed E-state index contributed by atoms with van der Waals surface area (Å²) < 4.78 is 0. The molecular formula is C14H13N3. The third kappa shape index (κ3) is 2.39. The van der Waals surface area contributed by atoms with Crippen LogP contribution in [-0.2, 0) is 0 Å². The molecule has 3 heteroatoms. The van der Waals surface area contributed by atoms with E-state index in [1.165, 1.54) is 0 Å². The minimum absolute atomic E-state index is 0.819. The van der Waals surface area contributed by atoms with Crippen molar-refractivity contribution in [2.75, 3.05) is 0 Å². The predicted octanol–water partition coefficient (Wildman–Crippen LogP) is 3.20. The number of fused-ring (bicyclic) bond motifs is 1. The van der Waals surface area contributed by atoms with Gasteiger partial charge < -0.3 is 0 Å². The van der Waals surface area contributed by atoms with Gasteiger partial charge in [-0.05, 0) is 24.3 Å². The Labute approximate surface area is 100 Å². The van der Waals surface area contributed by atoms with E-state index in [1.54, 1.807) is 16.9 Å². The molecular weight excluding hydrogens is 210 g/mol. The van der Waals surface area contributed by atoms with Gasteiger partial charge in [0, 0.05) is 0 Å². The molecule has 84 valence electrons. The normalized spacial score (nSPS) is 12.1. The van der Waals surface area contributed by atoms with Gasteiger partial charge in [0.25, 0.3) is 0 Å². The van der Waals surface area contributed by atoms with Crippen molar-refractivity contribution in [3.63, 3.8) is 0 Å². The topological polar surface area (TPSA) is 30.7 Å². The number of hydrogen-bond acceptors (Lipinski definition) is 2. The molecule has 1 heterocycles. The Morgan fingerprint density at radius 2 is 1.71 bits per heavy atom. The first-order chi connectivity index (χ1) is 8.35. The van der Waals surface area contributed by atoms with E-state index in [-0.39, 0.29) is 0 Å². The average Bonchev–Trinajstić information content (AvgIpc) is 2.78. The lowest BCUT2D eigenvalue weighted by Gasteiger charge is -1.96. The molecule has 2 rings (SSSR count). The Hall–Kier alpha value is -2.42. The lowest BCUT2D eigenvalue weighted by molar-refractivity contribution is 0.791. The van der Waals surface area contributed by atoms with Gasteiger partial charge in [0.2, 0.25) is 0 Å². The number of rotatable bonds is 4. The monoisotopic (exact) mass is 223 g/mol. The summed E-state index contributed by atoms with van der Waals surface area (Å²) in [5.41, 5.74) is 2.56. The van der Waals surface area contributed by atoms with E-state index in [1.807, 2.05) is 42.5 Å². The summed E-state index contributed by atoms with van der Waals surface area (Å²) in [6.07, 6.45) is 9.02. The Kier molecular flexibility index (Phi) is 3.31. The van der Waals surface area contributed by atoms with Crippen LogP contribution in [0.15, 0.2) is 67.8 Å². The molecule has 0 radical (unpaired) electrons. The standard InChI is InChI=1S/C14H13N3/c1-3-5-6-9-12(4-2)17-15-13-10-7-8-11-14(13)16-17/h3-11H,1-2H2/b6-5-,12-9+. The van der Waals surface area contributed by atoms with Gasteiger partial charge >= 0.3 is 0 Å². The molecule has 0 aliphatic rings. The highest BCUT2D eigenvalue weighted by molar-refractivity contribution is 5.74. The number of aromatic nitrogens is 3. The van der Waals surface area contributed by atoms with E-state index in [2.05, 4.69) is 23.4 Å².